The average molecular weight is 310 g/mol. The maximum Gasteiger partial charge on any atom is 0.273 e. The highest BCUT2D eigenvalue weighted by Gasteiger charge is 2.25. The summed E-state index contributed by atoms with van der Waals surface area (Å²) in [5, 5.41) is 15.6. The highest BCUT2D eigenvalue weighted by Crippen LogP contribution is 2.41. The molecule has 0 saturated heterocycles. The lowest BCUT2D eigenvalue weighted by Gasteiger charge is -2.13. The number of rotatable bonds is 6. The van der Waals surface area contributed by atoms with Gasteiger partial charge in [-0.25, -0.2) is 0 Å². The van der Waals surface area contributed by atoms with E-state index >= 15 is 0 Å². The first-order valence-electron chi connectivity index (χ1n) is 8.52. The Morgan fingerprint density at radius 3 is 2.74 bits per heavy atom. The number of nitrogens with one attached hydrogen (secondary N) is 2. The van der Waals surface area contributed by atoms with Gasteiger partial charge in [-0.05, 0) is 42.7 Å². The summed E-state index contributed by atoms with van der Waals surface area (Å²) < 4.78 is 0. The van der Waals surface area contributed by atoms with Gasteiger partial charge in [0.1, 0.15) is 0 Å². The van der Waals surface area contributed by atoms with Crippen molar-refractivity contribution in [1.29, 1.82) is 0 Å². The Labute approximate surface area is 135 Å². The minimum atomic E-state index is -0.195. The molecule has 5 nitrogen and oxygen atoms in total. The number of carbonyl (C=O) groups is 1. The van der Waals surface area contributed by atoms with Gasteiger partial charge < -0.3 is 10.6 Å². The molecule has 2 N–H and O–H groups in total. The second kappa shape index (κ2) is 5.80. The van der Waals surface area contributed by atoms with Crippen LogP contribution >= 0.6 is 0 Å². The second-order valence-corrected chi connectivity index (χ2v) is 6.71. The molecule has 0 radical (unpaired) electrons. The highest BCUT2D eigenvalue weighted by atomic mass is 16.1. The van der Waals surface area contributed by atoms with Gasteiger partial charge in [0.2, 0.25) is 0 Å². The van der Waals surface area contributed by atoms with Crippen LogP contribution in [-0.2, 0) is 0 Å². The van der Waals surface area contributed by atoms with Gasteiger partial charge in [0.05, 0.1) is 11.2 Å². The maximum atomic E-state index is 12.1. The zero-order valence-corrected chi connectivity index (χ0v) is 13.4. The van der Waals surface area contributed by atoms with E-state index in [0.717, 1.165) is 35.5 Å². The van der Waals surface area contributed by atoms with Gasteiger partial charge in [-0.15, -0.1) is 10.2 Å². The molecule has 0 unspecified atom stereocenters. The summed E-state index contributed by atoms with van der Waals surface area (Å²) in [5.74, 6) is 1.35. The quantitative estimate of drug-likeness (QED) is 0.860. The molecule has 1 aromatic carbocycles. The number of amides is 1. The van der Waals surface area contributed by atoms with Crippen LogP contribution in [0, 0.1) is 5.92 Å². The molecule has 2 aliphatic rings. The SMILES string of the molecule is CNC(=O)c1nnc2cc(C3CC3)ccc2c1NCCC1CC1. The Bertz CT molecular complexity index is 750. The summed E-state index contributed by atoms with van der Waals surface area (Å²) in [6, 6.07) is 6.38. The first kappa shape index (κ1) is 14.4. The lowest BCUT2D eigenvalue weighted by Crippen LogP contribution is -2.22. The fourth-order valence-electron chi connectivity index (χ4n) is 3.06. The van der Waals surface area contributed by atoms with Gasteiger partial charge >= 0.3 is 0 Å². The van der Waals surface area contributed by atoms with E-state index in [9.17, 15) is 4.79 Å². The Morgan fingerprint density at radius 1 is 1.22 bits per heavy atom. The molecule has 0 bridgehead atoms. The third kappa shape index (κ3) is 3.00. The zero-order valence-electron chi connectivity index (χ0n) is 13.4. The molecule has 4 rings (SSSR count). The molecule has 0 aliphatic heterocycles. The number of aromatic nitrogens is 2. The van der Waals surface area contributed by atoms with E-state index < -0.39 is 0 Å². The normalized spacial score (nSPS) is 17.3. The van der Waals surface area contributed by atoms with E-state index in [1.54, 1.807) is 7.05 Å². The van der Waals surface area contributed by atoms with Crippen molar-refractivity contribution < 1.29 is 4.79 Å². The molecule has 1 heterocycles. The third-order valence-electron chi connectivity index (χ3n) is 4.83. The van der Waals surface area contributed by atoms with Crippen LogP contribution in [0.2, 0.25) is 0 Å². The van der Waals surface area contributed by atoms with Gasteiger partial charge in [0, 0.05) is 19.0 Å². The van der Waals surface area contributed by atoms with Crippen molar-refractivity contribution in [3.63, 3.8) is 0 Å². The van der Waals surface area contributed by atoms with Crippen LogP contribution in [0.1, 0.15) is 54.1 Å². The van der Waals surface area contributed by atoms with E-state index in [0.29, 0.717) is 11.6 Å². The van der Waals surface area contributed by atoms with Gasteiger partial charge in [-0.2, -0.15) is 0 Å². The van der Waals surface area contributed by atoms with E-state index in [1.165, 1.54) is 31.2 Å². The topological polar surface area (TPSA) is 66.9 Å². The molecule has 2 saturated carbocycles. The van der Waals surface area contributed by atoms with Crippen LogP contribution in [-0.4, -0.2) is 29.7 Å². The lowest BCUT2D eigenvalue weighted by molar-refractivity contribution is 0.0958. The molecule has 2 aliphatic carbocycles. The number of benzene rings is 1. The number of anilines is 1. The maximum absolute atomic E-state index is 12.1. The summed E-state index contributed by atoms with van der Waals surface area (Å²) in [6.07, 6.45) is 6.36. The number of nitrogens with zero attached hydrogens (tertiary/aromatic N) is 2. The molecule has 1 amide bonds. The number of hydrogen-bond acceptors (Lipinski definition) is 4. The van der Waals surface area contributed by atoms with Crippen molar-refractivity contribution in [2.75, 3.05) is 18.9 Å². The van der Waals surface area contributed by atoms with E-state index in [1.807, 2.05) is 0 Å². The van der Waals surface area contributed by atoms with E-state index in [-0.39, 0.29) is 5.91 Å². The van der Waals surface area contributed by atoms with Crippen molar-refractivity contribution in [1.82, 2.24) is 15.5 Å². The van der Waals surface area contributed by atoms with Crippen molar-refractivity contribution in [3.05, 3.63) is 29.5 Å². The number of fused-ring (bicyclic) bond motifs is 1. The summed E-state index contributed by atoms with van der Waals surface area (Å²) in [5.41, 5.74) is 3.41. The fraction of sp³-hybridized carbons (Fsp3) is 0.500. The van der Waals surface area contributed by atoms with Crippen LogP contribution in [0.5, 0.6) is 0 Å². The zero-order chi connectivity index (χ0) is 15.8. The minimum absolute atomic E-state index is 0.195. The number of hydrogen-bond donors (Lipinski definition) is 2. The molecule has 2 aromatic rings. The fourth-order valence-corrected chi connectivity index (χ4v) is 3.06. The van der Waals surface area contributed by atoms with Gasteiger partial charge in [0.25, 0.3) is 5.91 Å². The standard InChI is InChI=1S/C18H22N4O/c1-19-18(23)17-16(20-9-8-11-2-3-11)14-7-6-13(12-4-5-12)10-15(14)21-22-17/h6-7,10-12H,2-5,8-9H2,1H3,(H,19,23)(H,20,21). The molecular formula is C18H22N4O. The largest absolute Gasteiger partial charge is 0.383 e. The predicted octanol–water partition coefficient (Wildman–Crippen LogP) is 3.08. The van der Waals surface area contributed by atoms with Crippen LogP contribution in [0.15, 0.2) is 18.2 Å². The lowest BCUT2D eigenvalue weighted by atomic mass is 10.1. The molecule has 2 fully saturated rings. The van der Waals surface area contributed by atoms with Crippen molar-refractivity contribution in [3.8, 4) is 0 Å². The monoisotopic (exact) mass is 310 g/mol. The third-order valence-corrected chi connectivity index (χ3v) is 4.83. The average Bonchev–Trinajstić information content (AvgIpc) is 3.47. The van der Waals surface area contributed by atoms with Crippen LogP contribution in [0.4, 0.5) is 5.69 Å². The van der Waals surface area contributed by atoms with Crippen LogP contribution in [0.3, 0.4) is 0 Å². The molecular weight excluding hydrogens is 288 g/mol. The van der Waals surface area contributed by atoms with Gasteiger partial charge in [-0.3, -0.25) is 4.79 Å². The van der Waals surface area contributed by atoms with E-state index in [2.05, 4.69) is 39.0 Å². The molecule has 23 heavy (non-hydrogen) atoms. The molecule has 120 valence electrons. The van der Waals surface area contributed by atoms with Crippen LogP contribution in [0.25, 0.3) is 10.9 Å². The molecule has 5 heteroatoms. The van der Waals surface area contributed by atoms with Gasteiger partial charge in [0.15, 0.2) is 5.69 Å². The highest BCUT2D eigenvalue weighted by molar-refractivity contribution is 6.05. The summed E-state index contributed by atoms with van der Waals surface area (Å²) in [7, 11) is 1.62. The van der Waals surface area contributed by atoms with Crippen molar-refractivity contribution in [2.24, 2.45) is 5.92 Å². The van der Waals surface area contributed by atoms with E-state index in [4.69, 9.17) is 0 Å². The number of carbonyl (C=O) groups excluding carboxylic acids is 1. The van der Waals surface area contributed by atoms with Crippen molar-refractivity contribution >= 4 is 22.5 Å². The first-order valence-corrected chi connectivity index (χ1v) is 8.52. The summed E-state index contributed by atoms with van der Waals surface area (Å²) in [6.45, 7) is 0.875. The smallest absolute Gasteiger partial charge is 0.273 e. The molecule has 0 atom stereocenters. The first-order chi connectivity index (χ1) is 11.3. The Kier molecular flexibility index (Phi) is 3.63. The predicted molar refractivity (Wildman–Crippen MR) is 90.7 cm³/mol. The Hall–Kier alpha value is -2.17. The van der Waals surface area contributed by atoms with Crippen LogP contribution < -0.4 is 10.6 Å². The van der Waals surface area contributed by atoms with Crippen molar-refractivity contribution in [2.45, 2.75) is 38.0 Å². The van der Waals surface area contributed by atoms with Gasteiger partial charge in [-0.1, -0.05) is 25.0 Å². The Balaban J connectivity index is 1.70. The molecule has 0 spiro atoms. The summed E-state index contributed by atoms with van der Waals surface area (Å²) in [4.78, 5) is 12.1. The molecule has 1 aromatic heterocycles. The second-order valence-electron chi connectivity index (χ2n) is 6.71. The minimum Gasteiger partial charge on any atom is -0.383 e. The Morgan fingerprint density at radius 2 is 2.04 bits per heavy atom. The summed E-state index contributed by atoms with van der Waals surface area (Å²) >= 11 is 0.